The summed E-state index contributed by atoms with van der Waals surface area (Å²) in [6.07, 6.45) is 3.30. The Hall–Kier alpha value is -2.29. The van der Waals surface area contributed by atoms with E-state index < -0.39 is 31.4 Å². The van der Waals surface area contributed by atoms with Gasteiger partial charge in [-0.15, -0.1) is 0 Å². The van der Waals surface area contributed by atoms with Gasteiger partial charge < -0.3 is 23.7 Å². The minimum absolute atomic E-state index is 0.127. The molecule has 1 aliphatic heterocycles. The number of hydrogen-bond acceptors (Lipinski definition) is 6. The summed E-state index contributed by atoms with van der Waals surface area (Å²) < 4.78 is 23.9. The van der Waals surface area contributed by atoms with Crippen molar-refractivity contribution in [2.75, 3.05) is 27.1 Å². The van der Waals surface area contributed by atoms with Crippen LogP contribution in [-0.2, 0) is 23.4 Å². The highest BCUT2D eigenvalue weighted by atomic mass is 28.4. The molecular weight excluding hydrogens is 520 g/mol. The standard InChI is InChI=1S/C33H46O6Si/c1-25-19-20-33(23-37-24-36-6)29(22-25)39-30(35)32(33,5)28(34)18-13-21-38-40(31(2,3)4,26-14-9-7-10-15-26)27-16-11-8-12-17-27/h7-12,14-17,22,28-29,34H,13,18-21,23-24H2,1-6H3/t28-,29+,32-,33+/m0/s1. The fourth-order valence-corrected chi connectivity index (χ4v) is 11.4. The van der Waals surface area contributed by atoms with Crippen LogP contribution >= 0.6 is 0 Å². The highest BCUT2D eigenvalue weighted by molar-refractivity contribution is 6.99. The van der Waals surface area contributed by atoms with Crippen LogP contribution in [-0.4, -0.2) is 58.7 Å². The first-order valence-electron chi connectivity index (χ1n) is 14.4. The fourth-order valence-electron chi connectivity index (χ4n) is 6.84. The number of carbonyl (C=O) groups excluding carboxylic acids is 1. The predicted molar refractivity (Wildman–Crippen MR) is 160 cm³/mol. The molecule has 0 spiro atoms. The van der Waals surface area contributed by atoms with Crippen LogP contribution in [0.3, 0.4) is 0 Å². The minimum Gasteiger partial charge on any atom is -0.457 e. The van der Waals surface area contributed by atoms with Gasteiger partial charge in [0.25, 0.3) is 8.32 Å². The molecule has 0 bridgehead atoms. The van der Waals surface area contributed by atoms with Crippen molar-refractivity contribution in [1.82, 2.24) is 0 Å². The van der Waals surface area contributed by atoms with Crippen LogP contribution in [0.2, 0.25) is 5.04 Å². The summed E-state index contributed by atoms with van der Waals surface area (Å²) in [5.41, 5.74) is -0.557. The minimum atomic E-state index is -2.67. The molecule has 1 saturated heterocycles. The summed E-state index contributed by atoms with van der Waals surface area (Å²) in [4.78, 5) is 13.4. The number of rotatable bonds is 12. The maximum atomic E-state index is 13.4. The SMILES string of the molecule is COCOC[C@]12CCC(C)=C[C@H]1OC(=O)[C@]2(C)[C@@H](O)CCCO[Si](c1ccccc1)(c1ccccc1)C(C)(C)C. The Morgan fingerprint density at radius 3 is 2.23 bits per heavy atom. The van der Waals surface area contributed by atoms with Crippen molar-refractivity contribution < 1.29 is 28.5 Å². The molecule has 4 atom stereocenters. The Labute approximate surface area is 240 Å². The lowest BCUT2D eigenvalue weighted by atomic mass is 9.56. The molecule has 4 rings (SSSR count). The van der Waals surface area contributed by atoms with Gasteiger partial charge in [0.05, 0.1) is 18.1 Å². The molecule has 1 fully saturated rings. The average molecular weight is 567 g/mol. The number of hydrogen-bond donors (Lipinski definition) is 1. The molecule has 0 saturated carbocycles. The van der Waals surface area contributed by atoms with Crippen LogP contribution < -0.4 is 10.4 Å². The summed E-state index contributed by atoms with van der Waals surface area (Å²) in [7, 11) is -1.09. The largest absolute Gasteiger partial charge is 0.457 e. The molecule has 218 valence electrons. The van der Waals surface area contributed by atoms with Crippen LogP contribution in [0, 0.1) is 10.8 Å². The molecule has 6 nitrogen and oxygen atoms in total. The number of ether oxygens (including phenoxy) is 3. The number of allylic oxidation sites excluding steroid dienone is 1. The zero-order valence-electron chi connectivity index (χ0n) is 24.9. The number of methoxy groups -OCH3 is 1. The maximum absolute atomic E-state index is 13.4. The molecule has 2 aliphatic rings. The molecule has 0 aromatic heterocycles. The first-order valence-corrected chi connectivity index (χ1v) is 16.3. The molecule has 0 radical (unpaired) electrons. The molecule has 7 heteroatoms. The van der Waals surface area contributed by atoms with Crippen molar-refractivity contribution in [3.63, 3.8) is 0 Å². The van der Waals surface area contributed by atoms with Gasteiger partial charge in [-0.1, -0.05) is 87.0 Å². The second-order valence-corrected chi connectivity index (χ2v) is 16.9. The average Bonchev–Trinajstić information content (AvgIpc) is 3.15. The second kappa shape index (κ2) is 12.3. The van der Waals surface area contributed by atoms with E-state index in [2.05, 4.69) is 76.2 Å². The molecule has 1 heterocycles. The smallest absolute Gasteiger partial charge is 0.315 e. The number of benzene rings is 2. The summed E-state index contributed by atoms with van der Waals surface area (Å²) in [5.74, 6) is -0.357. The van der Waals surface area contributed by atoms with Crippen LogP contribution in [0.4, 0.5) is 0 Å². The third-order valence-corrected chi connectivity index (χ3v) is 14.3. The Morgan fingerprint density at radius 2 is 1.68 bits per heavy atom. The van der Waals surface area contributed by atoms with Crippen molar-refractivity contribution in [2.24, 2.45) is 10.8 Å². The summed E-state index contributed by atoms with van der Waals surface area (Å²) in [6.45, 7) is 11.6. The lowest BCUT2D eigenvalue weighted by Crippen LogP contribution is -2.66. The van der Waals surface area contributed by atoms with E-state index in [1.807, 2.05) is 25.1 Å². The normalized spacial score (nSPS) is 25.7. The third-order valence-electron chi connectivity index (χ3n) is 9.22. The second-order valence-electron chi connectivity index (χ2n) is 12.6. The summed E-state index contributed by atoms with van der Waals surface area (Å²) in [5, 5.41) is 14.0. The van der Waals surface area contributed by atoms with Crippen molar-refractivity contribution in [2.45, 2.75) is 77.5 Å². The van der Waals surface area contributed by atoms with Gasteiger partial charge in [0.1, 0.15) is 18.3 Å². The van der Waals surface area contributed by atoms with Gasteiger partial charge in [-0.2, -0.15) is 0 Å². The van der Waals surface area contributed by atoms with E-state index in [9.17, 15) is 9.90 Å². The molecule has 2 aromatic carbocycles. The van der Waals surface area contributed by atoms with Crippen LogP contribution in [0.1, 0.15) is 60.3 Å². The lowest BCUT2D eigenvalue weighted by molar-refractivity contribution is -0.158. The highest BCUT2D eigenvalue weighted by Gasteiger charge is 2.67. The summed E-state index contributed by atoms with van der Waals surface area (Å²) in [6, 6.07) is 21.1. The molecule has 0 unspecified atom stereocenters. The number of fused-ring (bicyclic) bond motifs is 1. The zero-order chi connectivity index (χ0) is 29.0. The van der Waals surface area contributed by atoms with Crippen molar-refractivity contribution in [1.29, 1.82) is 0 Å². The lowest BCUT2D eigenvalue weighted by Gasteiger charge is -2.46. The number of esters is 1. The molecular formula is C33H46O6Si. The van der Waals surface area contributed by atoms with Crippen LogP contribution in [0.15, 0.2) is 72.3 Å². The highest BCUT2D eigenvalue weighted by Crippen LogP contribution is 2.58. The van der Waals surface area contributed by atoms with Gasteiger partial charge in [0.2, 0.25) is 0 Å². The van der Waals surface area contributed by atoms with E-state index in [1.54, 1.807) is 7.11 Å². The quantitative estimate of drug-likeness (QED) is 0.128. The topological polar surface area (TPSA) is 74.2 Å². The van der Waals surface area contributed by atoms with Crippen molar-refractivity contribution in [3.8, 4) is 0 Å². The maximum Gasteiger partial charge on any atom is 0.315 e. The Bertz CT molecular complexity index is 1120. The Kier molecular flexibility index (Phi) is 9.42. The summed E-state index contributed by atoms with van der Waals surface area (Å²) >= 11 is 0. The van der Waals surface area contributed by atoms with Gasteiger partial charge in [0, 0.05) is 13.7 Å². The third kappa shape index (κ3) is 5.34. The van der Waals surface area contributed by atoms with E-state index in [1.165, 1.54) is 15.9 Å². The monoisotopic (exact) mass is 566 g/mol. The Morgan fingerprint density at radius 1 is 1.07 bits per heavy atom. The fraction of sp³-hybridized carbons (Fsp3) is 0.545. The van der Waals surface area contributed by atoms with E-state index in [0.29, 0.717) is 25.9 Å². The molecule has 40 heavy (non-hydrogen) atoms. The van der Waals surface area contributed by atoms with Gasteiger partial charge in [0.15, 0.2) is 0 Å². The van der Waals surface area contributed by atoms with E-state index in [-0.39, 0.29) is 24.4 Å². The van der Waals surface area contributed by atoms with E-state index >= 15 is 0 Å². The molecule has 0 amide bonds. The Balaban J connectivity index is 1.56. The first-order chi connectivity index (χ1) is 19.0. The number of carbonyl (C=O) groups is 1. The zero-order valence-corrected chi connectivity index (χ0v) is 25.9. The van der Waals surface area contributed by atoms with Gasteiger partial charge in [-0.25, -0.2) is 0 Å². The van der Waals surface area contributed by atoms with Crippen LogP contribution in [0.25, 0.3) is 0 Å². The number of aliphatic hydroxyl groups is 1. The molecule has 2 aromatic rings. The van der Waals surface area contributed by atoms with Gasteiger partial charge in [-0.05, 0) is 61.0 Å². The van der Waals surface area contributed by atoms with E-state index in [4.69, 9.17) is 18.6 Å². The predicted octanol–water partition coefficient (Wildman–Crippen LogP) is 4.98. The molecule has 1 N–H and O–H groups in total. The number of aliphatic hydroxyl groups excluding tert-OH is 1. The van der Waals surface area contributed by atoms with Crippen LogP contribution in [0.5, 0.6) is 0 Å². The van der Waals surface area contributed by atoms with Gasteiger partial charge >= 0.3 is 5.97 Å². The van der Waals surface area contributed by atoms with E-state index in [0.717, 1.165) is 6.42 Å². The first kappa shape index (κ1) is 30.7. The van der Waals surface area contributed by atoms with Gasteiger partial charge in [-0.3, -0.25) is 4.79 Å². The molecule has 1 aliphatic carbocycles. The van der Waals surface area contributed by atoms with Crippen molar-refractivity contribution in [3.05, 3.63) is 72.3 Å². The van der Waals surface area contributed by atoms with Crippen molar-refractivity contribution >= 4 is 24.7 Å².